The van der Waals surface area contributed by atoms with Gasteiger partial charge in [0.25, 0.3) is 0 Å². The number of hydrogen-bond acceptors (Lipinski definition) is 4. The molecule has 0 saturated carbocycles. The number of hydrogen-bond donors (Lipinski definition) is 1. The Morgan fingerprint density at radius 3 is 1.82 bits per heavy atom. The third-order valence-electron chi connectivity index (χ3n) is 3.40. The van der Waals surface area contributed by atoms with Gasteiger partial charge in [-0.1, -0.05) is 19.3 Å². The lowest BCUT2D eigenvalue weighted by Crippen LogP contribution is -2.09. The first kappa shape index (κ1) is 17.8. The van der Waals surface area contributed by atoms with Crippen LogP contribution >= 0.6 is 0 Å². The van der Waals surface area contributed by atoms with Gasteiger partial charge in [0.1, 0.15) is 12.6 Å². The maximum atomic E-state index is 12.1. The van der Waals surface area contributed by atoms with E-state index in [0.29, 0.717) is 42.1 Å². The van der Waals surface area contributed by atoms with Crippen molar-refractivity contribution in [3.05, 3.63) is 34.9 Å². The number of carbonyl (C=O) groups excluding carboxylic acids is 4. The molecule has 1 aromatic carbocycles. The van der Waals surface area contributed by atoms with Crippen molar-refractivity contribution in [1.82, 2.24) is 0 Å². The van der Waals surface area contributed by atoms with E-state index in [4.69, 9.17) is 5.73 Å². The molecular weight excluding hydrogens is 282 g/mol. The van der Waals surface area contributed by atoms with Gasteiger partial charge in [-0.2, -0.15) is 0 Å². The zero-order chi connectivity index (χ0) is 16.4. The molecule has 0 spiro atoms. The van der Waals surface area contributed by atoms with Gasteiger partial charge in [0, 0.05) is 29.5 Å². The van der Waals surface area contributed by atoms with Gasteiger partial charge in [-0.05, 0) is 31.0 Å². The number of unbranched alkanes of at least 4 members (excludes halogenated alkanes) is 4. The molecule has 0 aromatic heterocycles. The van der Waals surface area contributed by atoms with Crippen molar-refractivity contribution in [3.8, 4) is 0 Å². The average molecular weight is 303 g/mol. The molecular formula is C17H21NO4. The van der Waals surface area contributed by atoms with Crippen molar-refractivity contribution in [2.24, 2.45) is 5.73 Å². The van der Waals surface area contributed by atoms with Crippen LogP contribution in [0.25, 0.3) is 0 Å². The molecule has 0 fully saturated rings. The van der Waals surface area contributed by atoms with E-state index in [-0.39, 0.29) is 11.7 Å². The van der Waals surface area contributed by atoms with Crippen molar-refractivity contribution in [3.63, 3.8) is 0 Å². The molecule has 5 heteroatoms. The Kier molecular flexibility index (Phi) is 7.75. The Morgan fingerprint density at radius 2 is 1.32 bits per heavy atom. The minimum absolute atomic E-state index is 0.0658. The van der Waals surface area contributed by atoms with E-state index in [1.54, 1.807) is 0 Å². The van der Waals surface area contributed by atoms with Crippen molar-refractivity contribution < 1.29 is 19.2 Å². The highest BCUT2D eigenvalue weighted by molar-refractivity contribution is 5.99. The molecule has 1 aromatic rings. The number of ketones is 1. The van der Waals surface area contributed by atoms with Gasteiger partial charge >= 0.3 is 0 Å². The quantitative estimate of drug-likeness (QED) is 0.386. The van der Waals surface area contributed by atoms with Crippen molar-refractivity contribution in [1.29, 1.82) is 0 Å². The summed E-state index contributed by atoms with van der Waals surface area (Å²) in [4.78, 5) is 44.2. The number of primary amides is 1. The van der Waals surface area contributed by atoms with E-state index >= 15 is 0 Å². The summed E-state index contributed by atoms with van der Waals surface area (Å²) >= 11 is 0. The van der Waals surface area contributed by atoms with E-state index in [9.17, 15) is 19.2 Å². The number of nitrogens with two attached hydrogens (primary N) is 1. The van der Waals surface area contributed by atoms with Crippen LogP contribution < -0.4 is 5.73 Å². The Morgan fingerprint density at radius 1 is 0.818 bits per heavy atom. The Hall–Kier alpha value is -2.30. The summed E-state index contributed by atoms with van der Waals surface area (Å²) in [5.74, 6) is -0.347. The van der Waals surface area contributed by atoms with Crippen molar-refractivity contribution >= 4 is 24.3 Å². The van der Waals surface area contributed by atoms with E-state index in [2.05, 4.69) is 0 Å². The summed E-state index contributed by atoms with van der Waals surface area (Å²) in [6, 6.07) is 4.47. The van der Waals surface area contributed by atoms with Crippen LogP contribution in [0.15, 0.2) is 18.2 Å². The predicted octanol–water partition coefficient (Wildman–Crippen LogP) is 2.71. The maximum absolute atomic E-state index is 12.1. The molecule has 0 unspecified atom stereocenters. The second-order valence-corrected chi connectivity index (χ2v) is 5.28. The number of benzene rings is 1. The minimum atomic E-state index is -0.281. The van der Waals surface area contributed by atoms with Crippen LogP contribution in [0.4, 0.5) is 0 Å². The van der Waals surface area contributed by atoms with Gasteiger partial charge in [0.2, 0.25) is 5.91 Å². The van der Waals surface area contributed by atoms with E-state index in [0.717, 1.165) is 32.1 Å². The molecule has 0 bridgehead atoms. The van der Waals surface area contributed by atoms with Gasteiger partial charge in [0.05, 0.1) is 0 Å². The zero-order valence-corrected chi connectivity index (χ0v) is 12.5. The lowest BCUT2D eigenvalue weighted by atomic mass is 10.00. The highest BCUT2D eigenvalue weighted by Gasteiger charge is 2.08. The van der Waals surface area contributed by atoms with Crippen LogP contribution in [0.2, 0.25) is 0 Å². The second-order valence-electron chi connectivity index (χ2n) is 5.28. The molecule has 1 rings (SSSR count). The van der Waals surface area contributed by atoms with Gasteiger partial charge in [0.15, 0.2) is 5.78 Å². The van der Waals surface area contributed by atoms with E-state index in [1.165, 1.54) is 18.2 Å². The fourth-order valence-corrected chi connectivity index (χ4v) is 2.23. The molecule has 0 heterocycles. The van der Waals surface area contributed by atoms with Crippen LogP contribution in [-0.4, -0.2) is 24.3 Å². The van der Waals surface area contributed by atoms with Gasteiger partial charge in [-0.3, -0.25) is 19.2 Å². The number of Topliss-reactive ketones (excluding diaryl/α,β-unsaturated/α-hetero) is 1. The molecule has 0 saturated heterocycles. The maximum Gasteiger partial charge on any atom is 0.217 e. The summed E-state index contributed by atoms with van der Waals surface area (Å²) in [5.41, 5.74) is 6.12. The van der Waals surface area contributed by atoms with Gasteiger partial charge in [-0.25, -0.2) is 0 Å². The molecule has 0 atom stereocenters. The third kappa shape index (κ3) is 6.43. The smallest absolute Gasteiger partial charge is 0.217 e. The summed E-state index contributed by atoms with van der Waals surface area (Å²) in [7, 11) is 0. The predicted molar refractivity (Wildman–Crippen MR) is 83.1 cm³/mol. The van der Waals surface area contributed by atoms with Crippen LogP contribution in [0.3, 0.4) is 0 Å². The fourth-order valence-electron chi connectivity index (χ4n) is 2.23. The van der Waals surface area contributed by atoms with Crippen LogP contribution in [-0.2, 0) is 4.79 Å². The highest BCUT2D eigenvalue weighted by Crippen LogP contribution is 2.13. The Balaban J connectivity index is 2.38. The van der Waals surface area contributed by atoms with Crippen LogP contribution in [0.1, 0.15) is 76.0 Å². The SMILES string of the molecule is NC(=O)CCCCCCCC(=O)c1cc(C=O)cc(C=O)c1. The number of rotatable bonds is 11. The first-order valence-corrected chi connectivity index (χ1v) is 7.43. The normalized spacial score (nSPS) is 10.2. The first-order chi connectivity index (χ1) is 10.6. The molecule has 118 valence electrons. The van der Waals surface area contributed by atoms with Crippen LogP contribution in [0, 0.1) is 0 Å². The lowest BCUT2D eigenvalue weighted by Gasteiger charge is -2.04. The first-order valence-electron chi connectivity index (χ1n) is 7.43. The summed E-state index contributed by atoms with van der Waals surface area (Å²) in [6.07, 6.45) is 6.36. The third-order valence-corrected chi connectivity index (χ3v) is 3.40. The molecule has 5 nitrogen and oxygen atoms in total. The van der Waals surface area contributed by atoms with E-state index in [1.807, 2.05) is 0 Å². The van der Waals surface area contributed by atoms with Gasteiger partial charge in [-0.15, -0.1) is 0 Å². The summed E-state index contributed by atoms with van der Waals surface area (Å²) < 4.78 is 0. The fraction of sp³-hybridized carbons (Fsp3) is 0.412. The Bertz CT molecular complexity index is 525. The minimum Gasteiger partial charge on any atom is -0.370 e. The molecule has 0 aliphatic heterocycles. The Labute approximate surface area is 129 Å². The zero-order valence-electron chi connectivity index (χ0n) is 12.5. The van der Waals surface area contributed by atoms with Gasteiger partial charge < -0.3 is 5.73 Å². The standard InChI is InChI=1S/C17H21NO4/c18-17(22)7-5-3-1-2-4-6-16(21)15-9-13(11-19)8-14(10-15)12-20/h8-12H,1-7H2,(H2,18,22). The topological polar surface area (TPSA) is 94.3 Å². The van der Waals surface area contributed by atoms with Crippen molar-refractivity contribution in [2.75, 3.05) is 0 Å². The molecule has 1 amide bonds. The monoisotopic (exact) mass is 303 g/mol. The van der Waals surface area contributed by atoms with E-state index < -0.39 is 0 Å². The lowest BCUT2D eigenvalue weighted by molar-refractivity contribution is -0.118. The van der Waals surface area contributed by atoms with Crippen molar-refractivity contribution in [2.45, 2.75) is 44.9 Å². The molecule has 0 radical (unpaired) electrons. The van der Waals surface area contributed by atoms with Crippen LogP contribution in [0.5, 0.6) is 0 Å². The second kappa shape index (κ2) is 9.60. The highest BCUT2D eigenvalue weighted by atomic mass is 16.1. The molecule has 22 heavy (non-hydrogen) atoms. The molecule has 0 aliphatic rings. The number of aldehydes is 2. The summed E-state index contributed by atoms with van der Waals surface area (Å²) in [5, 5.41) is 0. The molecule has 0 aliphatic carbocycles. The average Bonchev–Trinajstić information content (AvgIpc) is 2.52. The number of carbonyl (C=O) groups is 4. The molecule has 2 N–H and O–H groups in total. The largest absolute Gasteiger partial charge is 0.370 e. The summed E-state index contributed by atoms with van der Waals surface area (Å²) in [6.45, 7) is 0. The number of amides is 1.